The summed E-state index contributed by atoms with van der Waals surface area (Å²) in [4.78, 5) is 29.0. The van der Waals surface area contributed by atoms with Gasteiger partial charge in [0.1, 0.15) is 5.75 Å². The predicted octanol–water partition coefficient (Wildman–Crippen LogP) is 0.599. The van der Waals surface area contributed by atoms with Gasteiger partial charge in [-0.25, -0.2) is 8.42 Å². The second-order valence-corrected chi connectivity index (χ2v) is 10.5. The van der Waals surface area contributed by atoms with Crippen molar-refractivity contribution < 1.29 is 27.5 Å². The monoisotopic (exact) mass is 480 g/mol. The Labute approximate surface area is 194 Å². The van der Waals surface area contributed by atoms with Crippen LogP contribution in [0.5, 0.6) is 5.75 Å². The third-order valence-electron chi connectivity index (χ3n) is 6.11. The summed E-state index contributed by atoms with van der Waals surface area (Å²) in [5.74, 6) is 0.613. The highest BCUT2D eigenvalue weighted by Gasteiger charge is 2.35. The average molecular weight is 481 g/mol. The maximum Gasteiger partial charge on any atom is 0.243 e. The molecule has 3 aliphatic rings. The number of benzene rings is 1. The fourth-order valence-corrected chi connectivity index (χ4v) is 5.53. The van der Waals surface area contributed by atoms with Gasteiger partial charge >= 0.3 is 0 Å². The number of carbonyl (C=O) groups excluding carboxylic acids is 2. The first kappa shape index (κ1) is 23.9. The molecule has 1 aliphatic carbocycles. The lowest BCUT2D eigenvalue weighted by Gasteiger charge is -2.34. The summed E-state index contributed by atoms with van der Waals surface area (Å²) in [6.07, 6.45) is 1.98. The number of ether oxygens (including phenoxy) is 2. The van der Waals surface area contributed by atoms with Crippen molar-refractivity contribution in [2.24, 2.45) is 5.92 Å². The number of carbonyl (C=O) groups is 2. The number of amides is 2. The summed E-state index contributed by atoms with van der Waals surface area (Å²) in [6, 6.07) is 4.54. The van der Waals surface area contributed by atoms with E-state index in [0.717, 1.165) is 12.8 Å². The van der Waals surface area contributed by atoms with E-state index in [2.05, 4.69) is 5.32 Å². The van der Waals surface area contributed by atoms with Crippen LogP contribution in [0.2, 0.25) is 0 Å². The van der Waals surface area contributed by atoms with Gasteiger partial charge in [-0.3, -0.25) is 14.5 Å². The summed E-state index contributed by atoms with van der Waals surface area (Å²) in [7, 11) is -3.70. The van der Waals surface area contributed by atoms with Crippen LogP contribution in [-0.2, 0) is 24.3 Å². The van der Waals surface area contributed by atoms with E-state index in [4.69, 9.17) is 9.47 Å². The summed E-state index contributed by atoms with van der Waals surface area (Å²) in [6.45, 7) is 6.21. The van der Waals surface area contributed by atoms with E-state index in [9.17, 15) is 18.0 Å². The zero-order valence-electron chi connectivity index (χ0n) is 19.0. The van der Waals surface area contributed by atoms with Crippen LogP contribution in [0.1, 0.15) is 19.8 Å². The van der Waals surface area contributed by atoms with Gasteiger partial charge in [0.2, 0.25) is 21.8 Å². The topological polar surface area (TPSA) is 108 Å². The molecular formula is C22H32N4O6S. The minimum atomic E-state index is -3.70. The van der Waals surface area contributed by atoms with Crippen LogP contribution in [0.25, 0.3) is 0 Å². The Kier molecular flexibility index (Phi) is 7.52. The highest BCUT2D eigenvalue weighted by Crippen LogP contribution is 2.31. The third-order valence-corrected chi connectivity index (χ3v) is 8.01. The highest BCUT2D eigenvalue weighted by atomic mass is 32.2. The Morgan fingerprint density at radius 3 is 2.42 bits per heavy atom. The maximum atomic E-state index is 13.0. The number of piperazine rings is 1. The van der Waals surface area contributed by atoms with Crippen LogP contribution in [-0.4, -0.2) is 100.0 Å². The number of nitrogens with one attached hydrogen (secondary N) is 1. The Balaban J connectivity index is 1.40. The van der Waals surface area contributed by atoms with Gasteiger partial charge in [0.25, 0.3) is 0 Å². The van der Waals surface area contributed by atoms with E-state index < -0.39 is 10.0 Å². The molecule has 2 amide bonds. The minimum absolute atomic E-state index is 0.107. The smallest absolute Gasteiger partial charge is 0.243 e. The van der Waals surface area contributed by atoms with Crippen LogP contribution in [0.3, 0.4) is 0 Å². The zero-order chi connectivity index (χ0) is 23.4. The minimum Gasteiger partial charge on any atom is -0.492 e. The summed E-state index contributed by atoms with van der Waals surface area (Å²) >= 11 is 0. The molecule has 1 aromatic carbocycles. The molecule has 1 saturated carbocycles. The molecule has 0 spiro atoms. The first-order chi connectivity index (χ1) is 15.9. The molecule has 2 heterocycles. The van der Waals surface area contributed by atoms with E-state index in [1.807, 2.05) is 16.7 Å². The molecule has 0 atom stereocenters. The van der Waals surface area contributed by atoms with Gasteiger partial charge in [-0.1, -0.05) is 0 Å². The van der Waals surface area contributed by atoms with Crippen molar-refractivity contribution in [1.82, 2.24) is 14.1 Å². The molecule has 1 N–H and O–H groups in total. The molecule has 0 aromatic heterocycles. The number of sulfonamides is 1. The second-order valence-electron chi connectivity index (χ2n) is 8.53. The van der Waals surface area contributed by atoms with Gasteiger partial charge in [-0.15, -0.1) is 0 Å². The standard InChI is InChI=1S/C22H32N4O6S/c1-2-32-20-6-5-18(33(29,30)26-11-13-31-14-12-26)15-19(20)23-21(27)16-24-7-9-25(10-8-24)22(28)17-3-4-17/h5-6,15,17H,2-4,7-14,16H2,1H3,(H,23,27). The predicted molar refractivity (Wildman–Crippen MR) is 122 cm³/mol. The molecule has 182 valence electrons. The van der Waals surface area contributed by atoms with E-state index in [-0.39, 0.29) is 29.2 Å². The summed E-state index contributed by atoms with van der Waals surface area (Å²) in [5.41, 5.74) is 0.332. The Hall–Kier alpha value is -2.21. The average Bonchev–Trinajstić information content (AvgIpc) is 3.66. The molecule has 1 aromatic rings. The van der Waals surface area contributed by atoms with Gasteiger partial charge in [0.05, 0.1) is 36.9 Å². The molecule has 2 aliphatic heterocycles. The van der Waals surface area contributed by atoms with Crippen LogP contribution in [0.15, 0.2) is 23.1 Å². The quantitative estimate of drug-likeness (QED) is 0.580. The van der Waals surface area contributed by atoms with Crippen molar-refractivity contribution in [3.05, 3.63) is 18.2 Å². The molecule has 3 fully saturated rings. The second kappa shape index (κ2) is 10.4. The Morgan fingerprint density at radius 1 is 1.09 bits per heavy atom. The van der Waals surface area contributed by atoms with Crippen LogP contribution < -0.4 is 10.1 Å². The van der Waals surface area contributed by atoms with Crippen LogP contribution in [0.4, 0.5) is 5.69 Å². The van der Waals surface area contributed by atoms with Crippen LogP contribution in [0, 0.1) is 5.92 Å². The number of morpholine rings is 1. The largest absolute Gasteiger partial charge is 0.492 e. The molecule has 10 nitrogen and oxygen atoms in total. The molecule has 0 bridgehead atoms. The van der Waals surface area contributed by atoms with Gasteiger partial charge in [0, 0.05) is 45.2 Å². The van der Waals surface area contributed by atoms with Crippen LogP contribution >= 0.6 is 0 Å². The van der Waals surface area contributed by atoms with Crippen molar-refractivity contribution in [2.75, 3.05) is 71.0 Å². The van der Waals surface area contributed by atoms with E-state index in [1.165, 1.54) is 16.4 Å². The summed E-state index contributed by atoms with van der Waals surface area (Å²) < 4.78 is 38.3. The van der Waals surface area contributed by atoms with Gasteiger partial charge in [-0.2, -0.15) is 4.31 Å². The molecule has 0 unspecified atom stereocenters. The zero-order valence-corrected chi connectivity index (χ0v) is 19.8. The number of nitrogens with zero attached hydrogens (tertiary/aromatic N) is 3. The molecule has 33 heavy (non-hydrogen) atoms. The molecule has 11 heteroatoms. The number of hydrogen-bond acceptors (Lipinski definition) is 7. The van der Waals surface area contributed by atoms with E-state index in [0.29, 0.717) is 70.5 Å². The first-order valence-electron chi connectivity index (χ1n) is 11.5. The summed E-state index contributed by atoms with van der Waals surface area (Å²) in [5, 5.41) is 2.83. The SMILES string of the molecule is CCOc1ccc(S(=O)(=O)N2CCOCC2)cc1NC(=O)CN1CCN(C(=O)C2CC2)CC1. The molecule has 0 radical (unpaired) electrons. The Morgan fingerprint density at radius 2 is 1.79 bits per heavy atom. The molecule has 4 rings (SSSR count). The van der Waals surface area contributed by atoms with Gasteiger partial charge in [-0.05, 0) is 38.0 Å². The van der Waals surface area contributed by atoms with Crippen molar-refractivity contribution in [1.29, 1.82) is 0 Å². The van der Waals surface area contributed by atoms with E-state index >= 15 is 0 Å². The normalized spacial score (nSPS) is 20.5. The van der Waals surface area contributed by atoms with E-state index in [1.54, 1.807) is 6.07 Å². The number of rotatable bonds is 8. The molecular weight excluding hydrogens is 448 g/mol. The Bertz CT molecular complexity index is 967. The maximum absolute atomic E-state index is 13.0. The number of hydrogen-bond donors (Lipinski definition) is 1. The fraction of sp³-hybridized carbons (Fsp3) is 0.636. The van der Waals surface area contributed by atoms with Crippen molar-refractivity contribution in [2.45, 2.75) is 24.7 Å². The van der Waals surface area contributed by atoms with Crippen molar-refractivity contribution in [3.8, 4) is 5.75 Å². The third kappa shape index (κ3) is 5.84. The first-order valence-corrected chi connectivity index (χ1v) is 13.0. The molecule has 2 saturated heterocycles. The van der Waals surface area contributed by atoms with Crippen molar-refractivity contribution >= 4 is 27.5 Å². The fourth-order valence-electron chi connectivity index (χ4n) is 4.09. The highest BCUT2D eigenvalue weighted by molar-refractivity contribution is 7.89. The van der Waals surface area contributed by atoms with Crippen molar-refractivity contribution in [3.63, 3.8) is 0 Å². The number of anilines is 1. The lowest BCUT2D eigenvalue weighted by Crippen LogP contribution is -2.50. The lowest BCUT2D eigenvalue weighted by atomic mass is 10.2. The van der Waals surface area contributed by atoms with Gasteiger partial charge < -0.3 is 19.7 Å². The lowest BCUT2D eigenvalue weighted by molar-refractivity contribution is -0.134. The van der Waals surface area contributed by atoms with Gasteiger partial charge in [0.15, 0.2) is 0 Å².